The number of aryl methyl sites for hydroxylation is 1. The van der Waals surface area contributed by atoms with Crippen molar-refractivity contribution in [3.05, 3.63) is 29.8 Å². The first kappa shape index (κ1) is 21.4. The van der Waals surface area contributed by atoms with Crippen LogP contribution in [0, 0.1) is 0 Å². The summed E-state index contributed by atoms with van der Waals surface area (Å²) in [4.78, 5) is 11.8. The van der Waals surface area contributed by atoms with E-state index in [0.29, 0.717) is 19.4 Å². The molecule has 0 atom stereocenters. The van der Waals surface area contributed by atoms with Crippen LogP contribution in [-0.4, -0.2) is 50.3 Å². The fourth-order valence-electron chi connectivity index (χ4n) is 2.48. The van der Waals surface area contributed by atoms with Crippen LogP contribution in [-0.2, 0) is 11.2 Å². The summed E-state index contributed by atoms with van der Waals surface area (Å²) in [5.74, 6) is 0.308. The summed E-state index contributed by atoms with van der Waals surface area (Å²) in [5, 5.41) is 19.1. The van der Waals surface area contributed by atoms with Crippen LogP contribution in [0.15, 0.2) is 24.3 Å². The van der Waals surface area contributed by atoms with Crippen LogP contribution in [0.25, 0.3) is 0 Å². The zero-order chi connectivity index (χ0) is 18.2. The minimum absolute atomic E-state index is 0.0619. The molecule has 1 aromatic rings. The van der Waals surface area contributed by atoms with Crippen molar-refractivity contribution in [1.29, 1.82) is 0 Å². The Morgan fingerprint density at radius 3 is 2.32 bits per heavy atom. The first-order valence-corrected chi connectivity index (χ1v) is 9.38. The highest BCUT2D eigenvalue weighted by atomic mass is 16.3. The maximum Gasteiger partial charge on any atom is 0.220 e. The molecule has 6 heteroatoms. The number of aromatic hydroxyl groups is 1. The molecule has 0 aliphatic carbocycles. The van der Waals surface area contributed by atoms with Gasteiger partial charge in [-0.1, -0.05) is 12.1 Å². The topological polar surface area (TPSA) is 99.4 Å². The Labute approximate surface area is 151 Å². The summed E-state index contributed by atoms with van der Waals surface area (Å²) < 4.78 is 0. The van der Waals surface area contributed by atoms with Gasteiger partial charge >= 0.3 is 0 Å². The number of phenols is 1. The average Bonchev–Trinajstić information content (AvgIpc) is 2.61. The summed E-state index contributed by atoms with van der Waals surface area (Å²) in [7, 11) is 0. The quantitative estimate of drug-likeness (QED) is 0.306. The van der Waals surface area contributed by atoms with Gasteiger partial charge in [-0.05, 0) is 82.5 Å². The van der Waals surface area contributed by atoms with Crippen LogP contribution < -0.4 is 21.7 Å². The molecule has 0 radical (unpaired) electrons. The van der Waals surface area contributed by atoms with E-state index in [-0.39, 0.29) is 11.7 Å². The molecule has 1 amide bonds. The van der Waals surface area contributed by atoms with Gasteiger partial charge in [-0.25, -0.2) is 0 Å². The van der Waals surface area contributed by atoms with E-state index >= 15 is 0 Å². The van der Waals surface area contributed by atoms with E-state index in [1.807, 2.05) is 6.07 Å². The number of amides is 1. The van der Waals surface area contributed by atoms with E-state index in [0.717, 1.165) is 57.5 Å². The molecular weight excluding hydrogens is 316 g/mol. The second-order valence-electron chi connectivity index (χ2n) is 6.22. The number of phenolic OH excluding ortho intramolecular Hbond substituents is 1. The number of rotatable bonds is 15. The highest BCUT2D eigenvalue weighted by Crippen LogP contribution is 2.12. The Hall–Kier alpha value is -1.63. The van der Waals surface area contributed by atoms with Gasteiger partial charge < -0.3 is 26.8 Å². The molecule has 0 fully saturated rings. The monoisotopic (exact) mass is 350 g/mol. The highest BCUT2D eigenvalue weighted by Gasteiger charge is 2.02. The van der Waals surface area contributed by atoms with Crippen molar-refractivity contribution >= 4 is 5.91 Å². The number of unbranched alkanes of at least 4 members (excludes halogenated alkanes) is 1. The summed E-state index contributed by atoms with van der Waals surface area (Å²) in [6, 6.07) is 7.05. The molecule has 0 bridgehead atoms. The standard InChI is InChI=1S/C19H34N4O2/c20-10-4-13-21-11-1-2-12-22-14-5-15-23-19(25)9-8-17-6-3-7-18(24)16-17/h3,6-7,16,21-22,24H,1-2,4-5,8-15,20H2,(H,23,25). The van der Waals surface area contributed by atoms with Crippen molar-refractivity contribution in [2.75, 3.05) is 39.3 Å². The average molecular weight is 351 g/mol. The Morgan fingerprint density at radius 2 is 1.64 bits per heavy atom. The molecule has 0 unspecified atom stereocenters. The number of hydrogen-bond donors (Lipinski definition) is 5. The molecule has 0 aromatic heterocycles. The van der Waals surface area contributed by atoms with E-state index in [4.69, 9.17) is 5.73 Å². The molecule has 1 aromatic carbocycles. The lowest BCUT2D eigenvalue weighted by molar-refractivity contribution is -0.121. The maximum atomic E-state index is 11.8. The van der Waals surface area contributed by atoms with Gasteiger partial charge in [0.1, 0.15) is 5.75 Å². The summed E-state index contributed by atoms with van der Waals surface area (Å²) in [6.07, 6.45) is 5.41. The number of hydrogen-bond acceptors (Lipinski definition) is 5. The van der Waals surface area contributed by atoms with Gasteiger partial charge in [0.15, 0.2) is 0 Å². The van der Waals surface area contributed by atoms with Crippen molar-refractivity contribution in [3.8, 4) is 5.75 Å². The molecular formula is C19H34N4O2. The molecule has 0 saturated carbocycles. The van der Waals surface area contributed by atoms with Crippen LogP contribution in [0.3, 0.4) is 0 Å². The first-order chi connectivity index (χ1) is 12.2. The van der Waals surface area contributed by atoms with Crippen molar-refractivity contribution in [2.24, 2.45) is 5.73 Å². The molecule has 0 aliphatic rings. The molecule has 0 aliphatic heterocycles. The molecule has 142 valence electrons. The second kappa shape index (κ2) is 14.7. The predicted molar refractivity (Wildman–Crippen MR) is 103 cm³/mol. The van der Waals surface area contributed by atoms with E-state index < -0.39 is 0 Å². The fourth-order valence-corrected chi connectivity index (χ4v) is 2.48. The number of benzene rings is 1. The van der Waals surface area contributed by atoms with Gasteiger partial charge in [-0.3, -0.25) is 4.79 Å². The Kier molecular flexibility index (Phi) is 12.6. The minimum atomic E-state index is 0.0619. The molecule has 0 saturated heterocycles. The van der Waals surface area contributed by atoms with Crippen LogP contribution >= 0.6 is 0 Å². The second-order valence-corrected chi connectivity index (χ2v) is 6.22. The molecule has 1 rings (SSSR count). The summed E-state index contributed by atoms with van der Waals surface area (Å²) >= 11 is 0. The number of nitrogens with two attached hydrogens (primary N) is 1. The SMILES string of the molecule is NCCCNCCCCNCCCNC(=O)CCc1cccc(O)c1. The number of carbonyl (C=O) groups excluding carboxylic acids is 1. The van der Waals surface area contributed by atoms with Crippen molar-refractivity contribution in [3.63, 3.8) is 0 Å². The highest BCUT2D eigenvalue weighted by molar-refractivity contribution is 5.76. The Bertz CT molecular complexity index is 468. The van der Waals surface area contributed by atoms with Crippen LogP contribution in [0.2, 0.25) is 0 Å². The Balaban J connectivity index is 1.87. The smallest absolute Gasteiger partial charge is 0.220 e. The van der Waals surface area contributed by atoms with E-state index in [2.05, 4.69) is 16.0 Å². The third-order valence-corrected chi connectivity index (χ3v) is 3.92. The summed E-state index contributed by atoms with van der Waals surface area (Å²) in [5.41, 5.74) is 6.41. The van der Waals surface area contributed by atoms with Gasteiger partial charge in [-0.2, -0.15) is 0 Å². The minimum Gasteiger partial charge on any atom is -0.508 e. The van der Waals surface area contributed by atoms with Gasteiger partial charge in [-0.15, -0.1) is 0 Å². The van der Waals surface area contributed by atoms with Gasteiger partial charge in [0.2, 0.25) is 5.91 Å². The van der Waals surface area contributed by atoms with Crippen LogP contribution in [0.1, 0.15) is 37.7 Å². The van der Waals surface area contributed by atoms with Gasteiger partial charge in [0.05, 0.1) is 0 Å². The van der Waals surface area contributed by atoms with Crippen LogP contribution in [0.5, 0.6) is 5.75 Å². The third kappa shape index (κ3) is 12.4. The van der Waals surface area contributed by atoms with Crippen molar-refractivity contribution in [1.82, 2.24) is 16.0 Å². The normalized spacial score (nSPS) is 10.8. The lowest BCUT2D eigenvalue weighted by Gasteiger charge is -2.07. The zero-order valence-electron chi connectivity index (χ0n) is 15.2. The van der Waals surface area contributed by atoms with E-state index in [9.17, 15) is 9.90 Å². The summed E-state index contributed by atoms with van der Waals surface area (Å²) in [6.45, 7) is 5.46. The predicted octanol–water partition coefficient (Wildman–Crippen LogP) is 1.14. The van der Waals surface area contributed by atoms with Gasteiger partial charge in [0.25, 0.3) is 0 Å². The lowest BCUT2D eigenvalue weighted by Crippen LogP contribution is -2.28. The number of carbonyl (C=O) groups is 1. The zero-order valence-corrected chi connectivity index (χ0v) is 15.2. The van der Waals surface area contributed by atoms with E-state index in [1.54, 1.807) is 18.2 Å². The molecule has 0 heterocycles. The fraction of sp³-hybridized carbons (Fsp3) is 0.632. The molecule has 0 spiro atoms. The van der Waals surface area contributed by atoms with Crippen LogP contribution in [0.4, 0.5) is 0 Å². The lowest BCUT2D eigenvalue weighted by atomic mass is 10.1. The van der Waals surface area contributed by atoms with Gasteiger partial charge in [0, 0.05) is 13.0 Å². The molecule has 25 heavy (non-hydrogen) atoms. The largest absolute Gasteiger partial charge is 0.508 e. The van der Waals surface area contributed by atoms with Crippen molar-refractivity contribution in [2.45, 2.75) is 38.5 Å². The Morgan fingerprint density at radius 1 is 0.960 bits per heavy atom. The van der Waals surface area contributed by atoms with E-state index in [1.165, 1.54) is 6.42 Å². The third-order valence-electron chi connectivity index (χ3n) is 3.92. The molecule has 6 nitrogen and oxygen atoms in total. The molecule has 6 N–H and O–H groups in total. The maximum absolute atomic E-state index is 11.8. The first-order valence-electron chi connectivity index (χ1n) is 9.38. The number of nitrogens with one attached hydrogen (secondary N) is 3. The van der Waals surface area contributed by atoms with Crippen molar-refractivity contribution < 1.29 is 9.90 Å².